The smallest absolute Gasteiger partial charge is 0.312 e. The second-order valence-electron chi connectivity index (χ2n) is 6.93. The maximum Gasteiger partial charge on any atom is 0.312 e. The Morgan fingerprint density at radius 2 is 2.15 bits per heavy atom. The maximum absolute atomic E-state index is 12.0. The second kappa shape index (κ2) is 9.33. The summed E-state index contributed by atoms with van der Waals surface area (Å²) in [5.41, 5.74) is 1.54. The molecule has 1 amide bonds. The van der Waals surface area contributed by atoms with Crippen molar-refractivity contribution in [3.8, 4) is 10.6 Å². The Bertz CT molecular complexity index is 808. The first-order chi connectivity index (χ1) is 13.0. The molecule has 2 unspecified atom stereocenters. The summed E-state index contributed by atoms with van der Waals surface area (Å²) in [5, 5.41) is 6.23. The fourth-order valence-electron chi connectivity index (χ4n) is 3.27. The molecule has 1 fully saturated rings. The van der Waals surface area contributed by atoms with Gasteiger partial charge in [0.05, 0.1) is 12.1 Å². The van der Waals surface area contributed by atoms with Crippen LogP contribution in [-0.2, 0) is 20.7 Å². The summed E-state index contributed by atoms with van der Waals surface area (Å²) in [6.07, 6.45) is 4.51. The molecule has 0 bridgehead atoms. The predicted molar refractivity (Wildman–Crippen MR) is 107 cm³/mol. The molecule has 5 nitrogen and oxygen atoms in total. The third kappa shape index (κ3) is 5.78. The lowest BCUT2D eigenvalue weighted by Crippen LogP contribution is -2.42. The third-order valence-electron chi connectivity index (χ3n) is 4.77. The lowest BCUT2D eigenvalue weighted by atomic mass is 9.86. The van der Waals surface area contributed by atoms with Crippen LogP contribution in [0.1, 0.15) is 38.3 Å². The van der Waals surface area contributed by atoms with Gasteiger partial charge in [-0.1, -0.05) is 43.5 Å². The van der Waals surface area contributed by atoms with Gasteiger partial charge in [0, 0.05) is 22.0 Å². The molecular formula is C20H23ClN2O3S. The van der Waals surface area contributed by atoms with Crippen molar-refractivity contribution in [3.63, 3.8) is 0 Å². The van der Waals surface area contributed by atoms with Crippen LogP contribution in [-0.4, -0.2) is 29.5 Å². The highest BCUT2D eigenvalue weighted by Gasteiger charge is 2.23. The van der Waals surface area contributed by atoms with E-state index in [1.807, 2.05) is 23.6 Å². The number of thiazole rings is 1. The molecule has 1 aromatic heterocycles. The fraction of sp³-hybridized carbons (Fsp3) is 0.450. The van der Waals surface area contributed by atoms with E-state index in [1.165, 1.54) is 17.8 Å². The van der Waals surface area contributed by atoms with Crippen LogP contribution in [0.5, 0.6) is 0 Å². The monoisotopic (exact) mass is 406 g/mol. The van der Waals surface area contributed by atoms with Gasteiger partial charge < -0.3 is 10.1 Å². The molecule has 1 aliphatic rings. The van der Waals surface area contributed by atoms with E-state index in [2.05, 4.69) is 17.2 Å². The van der Waals surface area contributed by atoms with Crippen molar-refractivity contribution in [1.82, 2.24) is 10.3 Å². The number of carbonyl (C=O) groups is 2. The molecule has 0 aliphatic heterocycles. The molecule has 3 rings (SSSR count). The minimum atomic E-state index is -0.454. The molecule has 27 heavy (non-hydrogen) atoms. The zero-order valence-electron chi connectivity index (χ0n) is 15.2. The molecule has 0 saturated heterocycles. The number of hydrogen-bond acceptors (Lipinski definition) is 5. The number of amides is 1. The number of rotatable bonds is 6. The average molecular weight is 407 g/mol. The first-order valence-electron chi connectivity index (χ1n) is 9.16. The summed E-state index contributed by atoms with van der Waals surface area (Å²) < 4.78 is 5.11. The largest absolute Gasteiger partial charge is 0.455 e. The summed E-state index contributed by atoms with van der Waals surface area (Å²) in [6.45, 7) is 1.91. The van der Waals surface area contributed by atoms with Crippen molar-refractivity contribution in [3.05, 3.63) is 40.4 Å². The first-order valence-corrected chi connectivity index (χ1v) is 10.4. The van der Waals surface area contributed by atoms with Crippen molar-refractivity contribution in [2.45, 2.75) is 45.1 Å². The van der Waals surface area contributed by atoms with Crippen LogP contribution in [0.15, 0.2) is 29.6 Å². The maximum atomic E-state index is 12.0. The number of hydrogen-bond donors (Lipinski definition) is 1. The standard InChI is InChI=1S/C20H23ClN2O3S/c1-13-5-2-3-8-17(13)23-18(24)11-26-19(25)10-16-12-27-20(22-16)14-6-4-7-15(21)9-14/h4,6-7,9,12-13,17H,2-3,5,8,10-11H2,1H3,(H,23,24). The molecule has 7 heteroatoms. The predicted octanol–water partition coefficient (Wildman–Crippen LogP) is 4.24. The number of esters is 1. The van der Waals surface area contributed by atoms with E-state index < -0.39 is 5.97 Å². The molecule has 1 heterocycles. The Hall–Kier alpha value is -1.92. The number of aromatic nitrogens is 1. The number of halogens is 1. The van der Waals surface area contributed by atoms with Crippen LogP contribution in [0.3, 0.4) is 0 Å². The number of benzene rings is 1. The SMILES string of the molecule is CC1CCCCC1NC(=O)COC(=O)Cc1csc(-c2cccc(Cl)c2)n1. The number of carbonyl (C=O) groups excluding carboxylic acids is 2. The highest BCUT2D eigenvalue weighted by Crippen LogP contribution is 2.26. The van der Waals surface area contributed by atoms with Crippen LogP contribution in [0.2, 0.25) is 5.02 Å². The molecule has 1 saturated carbocycles. The van der Waals surface area contributed by atoms with E-state index in [0.717, 1.165) is 29.8 Å². The highest BCUT2D eigenvalue weighted by molar-refractivity contribution is 7.13. The molecule has 2 aromatic rings. The highest BCUT2D eigenvalue weighted by atomic mass is 35.5. The van der Waals surface area contributed by atoms with Gasteiger partial charge in [0.2, 0.25) is 0 Å². The first kappa shape index (κ1) is 19.8. The van der Waals surface area contributed by atoms with Crippen LogP contribution in [0.25, 0.3) is 10.6 Å². The molecule has 0 radical (unpaired) electrons. The van der Waals surface area contributed by atoms with Gasteiger partial charge in [0.15, 0.2) is 6.61 Å². The van der Waals surface area contributed by atoms with Crippen molar-refractivity contribution in [1.29, 1.82) is 0 Å². The molecule has 0 spiro atoms. The lowest BCUT2D eigenvalue weighted by molar-refractivity contribution is -0.148. The zero-order chi connectivity index (χ0) is 19.2. The summed E-state index contributed by atoms with van der Waals surface area (Å²) >= 11 is 7.44. The fourth-order valence-corrected chi connectivity index (χ4v) is 4.27. The number of nitrogens with one attached hydrogen (secondary N) is 1. The molecular weight excluding hydrogens is 384 g/mol. The van der Waals surface area contributed by atoms with E-state index in [0.29, 0.717) is 16.6 Å². The van der Waals surface area contributed by atoms with E-state index in [-0.39, 0.29) is 25.0 Å². The van der Waals surface area contributed by atoms with Gasteiger partial charge in [-0.15, -0.1) is 11.3 Å². The van der Waals surface area contributed by atoms with Gasteiger partial charge in [-0.05, 0) is 30.9 Å². The molecule has 1 aliphatic carbocycles. The summed E-state index contributed by atoms with van der Waals surface area (Å²) in [6, 6.07) is 7.60. The van der Waals surface area contributed by atoms with E-state index in [1.54, 1.807) is 6.07 Å². The Morgan fingerprint density at radius 3 is 2.93 bits per heavy atom. The van der Waals surface area contributed by atoms with Crippen molar-refractivity contribution in [2.75, 3.05) is 6.61 Å². The van der Waals surface area contributed by atoms with Gasteiger partial charge in [-0.25, -0.2) is 4.98 Å². The number of ether oxygens (including phenoxy) is 1. The van der Waals surface area contributed by atoms with Crippen molar-refractivity contribution in [2.24, 2.45) is 5.92 Å². The van der Waals surface area contributed by atoms with Gasteiger partial charge in [-0.3, -0.25) is 9.59 Å². The van der Waals surface area contributed by atoms with Crippen LogP contribution >= 0.6 is 22.9 Å². The summed E-state index contributed by atoms with van der Waals surface area (Å²) in [4.78, 5) is 28.5. The minimum Gasteiger partial charge on any atom is -0.455 e. The van der Waals surface area contributed by atoms with Crippen LogP contribution < -0.4 is 5.32 Å². The molecule has 144 valence electrons. The van der Waals surface area contributed by atoms with Gasteiger partial charge >= 0.3 is 5.97 Å². The Labute approximate surface area is 168 Å². The van der Waals surface area contributed by atoms with E-state index in [9.17, 15) is 9.59 Å². The Balaban J connectivity index is 1.46. The summed E-state index contributed by atoms with van der Waals surface area (Å²) in [7, 11) is 0. The molecule has 1 aromatic carbocycles. The second-order valence-corrected chi connectivity index (χ2v) is 8.22. The molecule has 1 N–H and O–H groups in total. The Kier molecular flexibility index (Phi) is 6.85. The average Bonchev–Trinajstić information content (AvgIpc) is 3.10. The van der Waals surface area contributed by atoms with E-state index >= 15 is 0 Å². The zero-order valence-corrected chi connectivity index (χ0v) is 16.8. The molecule has 2 atom stereocenters. The third-order valence-corrected chi connectivity index (χ3v) is 5.95. The summed E-state index contributed by atoms with van der Waals surface area (Å²) in [5.74, 6) is -0.219. The van der Waals surface area contributed by atoms with Crippen molar-refractivity contribution >= 4 is 34.8 Å². The minimum absolute atomic E-state index is 0.0458. The van der Waals surface area contributed by atoms with Crippen LogP contribution in [0, 0.1) is 5.92 Å². The normalized spacial score (nSPS) is 19.5. The van der Waals surface area contributed by atoms with Crippen molar-refractivity contribution < 1.29 is 14.3 Å². The van der Waals surface area contributed by atoms with E-state index in [4.69, 9.17) is 16.3 Å². The van der Waals surface area contributed by atoms with Gasteiger partial charge in [-0.2, -0.15) is 0 Å². The van der Waals surface area contributed by atoms with Gasteiger partial charge in [0.1, 0.15) is 5.01 Å². The topological polar surface area (TPSA) is 68.3 Å². The quantitative estimate of drug-likeness (QED) is 0.728. The van der Waals surface area contributed by atoms with Gasteiger partial charge in [0.25, 0.3) is 5.91 Å². The van der Waals surface area contributed by atoms with Crippen LogP contribution in [0.4, 0.5) is 0 Å². The Morgan fingerprint density at radius 1 is 1.33 bits per heavy atom. The lowest BCUT2D eigenvalue weighted by Gasteiger charge is -2.29. The number of nitrogens with zero attached hydrogens (tertiary/aromatic N) is 1.